The van der Waals surface area contributed by atoms with E-state index in [0.29, 0.717) is 0 Å². The van der Waals surface area contributed by atoms with Crippen LogP contribution in [0.5, 0.6) is 0 Å². The quantitative estimate of drug-likeness (QED) is 0.187. The molecule has 0 bridgehead atoms. The van der Waals surface area contributed by atoms with Gasteiger partial charge in [-0.2, -0.15) is 0 Å². The van der Waals surface area contributed by atoms with Crippen LogP contribution < -0.4 is 0 Å². The summed E-state index contributed by atoms with van der Waals surface area (Å²) in [6.45, 7) is 0. The molecule has 0 N–H and O–H groups in total. The van der Waals surface area contributed by atoms with E-state index in [2.05, 4.69) is 170 Å². The van der Waals surface area contributed by atoms with Crippen LogP contribution in [0, 0.1) is 0 Å². The van der Waals surface area contributed by atoms with Crippen molar-refractivity contribution in [2.24, 2.45) is 0 Å². The number of pyridine rings is 1. The maximum absolute atomic E-state index is 6.43. The molecule has 2 nitrogen and oxygen atoms in total. The zero-order valence-electron chi connectivity index (χ0n) is 27.5. The second kappa shape index (κ2) is 11.7. The Bertz CT molecular complexity index is 2640. The molecule has 50 heavy (non-hydrogen) atoms. The molecule has 8 aromatic rings. The molecular weight excluding hydrogens is 607 g/mol. The molecule has 236 valence electrons. The first kappa shape index (κ1) is 28.7. The molecule has 0 spiro atoms. The van der Waals surface area contributed by atoms with Crippen LogP contribution in [0.1, 0.15) is 29.2 Å². The zero-order chi connectivity index (χ0) is 33.0. The number of allylic oxidation sites excluding steroid dienone is 4. The van der Waals surface area contributed by atoms with E-state index in [0.717, 1.165) is 51.7 Å². The molecule has 2 aliphatic carbocycles. The standard InChI is InChI=1S/C48H33NO/c1-3-10-33(11-4-1)44-29-39(30-45(49-44)34-12-5-2-6-13-34)31-18-20-32(21-19-31)41-16-9-17-47-48(41)43-28-36(24-25-46(43)50-47)35-22-23-38-26-37-14-7-8-15-40(37)42(38)27-35/h1-12,14-25,27-30,34H,13,26H2. The third-order valence-corrected chi connectivity index (χ3v) is 10.4. The summed E-state index contributed by atoms with van der Waals surface area (Å²) < 4.78 is 6.43. The topological polar surface area (TPSA) is 26.0 Å². The van der Waals surface area contributed by atoms with Gasteiger partial charge in [-0.3, -0.25) is 4.98 Å². The fourth-order valence-electron chi connectivity index (χ4n) is 7.86. The lowest BCUT2D eigenvalue weighted by Crippen LogP contribution is -2.01. The number of hydrogen-bond acceptors (Lipinski definition) is 2. The molecular formula is C48H33NO. The van der Waals surface area contributed by atoms with E-state index in [4.69, 9.17) is 9.40 Å². The third-order valence-electron chi connectivity index (χ3n) is 10.4. The van der Waals surface area contributed by atoms with E-state index in [1.807, 2.05) is 0 Å². The molecule has 1 unspecified atom stereocenters. The van der Waals surface area contributed by atoms with Gasteiger partial charge in [-0.15, -0.1) is 0 Å². The summed E-state index contributed by atoms with van der Waals surface area (Å²) in [4.78, 5) is 5.14. The third kappa shape index (κ3) is 4.92. The average molecular weight is 640 g/mol. The van der Waals surface area contributed by atoms with E-state index >= 15 is 0 Å². The Kier molecular flexibility index (Phi) is 6.73. The second-order valence-electron chi connectivity index (χ2n) is 13.5. The zero-order valence-corrected chi connectivity index (χ0v) is 27.5. The Labute approximate surface area is 291 Å². The minimum atomic E-state index is 0.270. The predicted octanol–water partition coefficient (Wildman–Crippen LogP) is 12.8. The van der Waals surface area contributed by atoms with Gasteiger partial charge in [0.15, 0.2) is 0 Å². The van der Waals surface area contributed by atoms with Crippen LogP contribution in [0.15, 0.2) is 174 Å². The molecule has 0 fully saturated rings. The van der Waals surface area contributed by atoms with Gasteiger partial charge in [0, 0.05) is 27.9 Å². The van der Waals surface area contributed by atoms with Crippen LogP contribution in [0.2, 0.25) is 0 Å². The van der Waals surface area contributed by atoms with Gasteiger partial charge in [0.25, 0.3) is 0 Å². The highest BCUT2D eigenvalue weighted by atomic mass is 16.3. The van der Waals surface area contributed by atoms with Crippen LogP contribution in [-0.2, 0) is 6.42 Å². The number of benzene rings is 6. The average Bonchev–Trinajstić information content (AvgIpc) is 3.76. The second-order valence-corrected chi connectivity index (χ2v) is 13.5. The molecule has 2 aromatic heterocycles. The molecule has 0 aliphatic heterocycles. The van der Waals surface area contributed by atoms with Crippen molar-refractivity contribution in [3.05, 3.63) is 187 Å². The van der Waals surface area contributed by atoms with Gasteiger partial charge in [0.05, 0.1) is 5.69 Å². The number of fused-ring (bicyclic) bond motifs is 6. The summed E-state index contributed by atoms with van der Waals surface area (Å²) >= 11 is 0. The number of furan rings is 1. The minimum Gasteiger partial charge on any atom is -0.456 e. The predicted molar refractivity (Wildman–Crippen MR) is 207 cm³/mol. The molecule has 2 heteroatoms. The number of aromatic nitrogens is 1. The number of nitrogens with zero attached hydrogens (tertiary/aromatic N) is 1. The summed E-state index contributed by atoms with van der Waals surface area (Å²) in [5.74, 6) is 0.270. The Morgan fingerprint density at radius 3 is 2.14 bits per heavy atom. The maximum Gasteiger partial charge on any atom is 0.136 e. The van der Waals surface area contributed by atoms with Gasteiger partial charge < -0.3 is 4.42 Å². The molecule has 1 atom stereocenters. The fourth-order valence-corrected chi connectivity index (χ4v) is 7.86. The highest BCUT2D eigenvalue weighted by Crippen LogP contribution is 2.42. The Morgan fingerprint density at radius 2 is 1.26 bits per heavy atom. The van der Waals surface area contributed by atoms with Crippen molar-refractivity contribution < 1.29 is 4.42 Å². The lowest BCUT2D eigenvalue weighted by atomic mass is 9.92. The SMILES string of the molecule is C1=CCC(c2cc(-c3ccc(-c4cccc5oc6ccc(-c7ccc8c(c7)-c7ccccc7C8)cc6c45)cc3)cc(-c3ccccc3)n2)C=C1. The van der Waals surface area contributed by atoms with Gasteiger partial charge in [-0.1, -0.05) is 133 Å². The van der Waals surface area contributed by atoms with Gasteiger partial charge >= 0.3 is 0 Å². The lowest BCUT2D eigenvalue weighted by Gasteiger charge is -2.16. The molecule has 10 rings (SSSR count). The Hall–Kier alpha value is -6.25. The first-order valence-electron chi connectivity index (χ1n) is 17.4. The highest BCUT2D eigenvalue weighted by molar-refractivity contribution is 6.13. The maximum atomic E-state index is 6.43. The smallest absolute Gasteiger partial charge is 0.136 e. The van der Waals surface area contributed by atoms with Gasteiger partial charge in [-0.05, 0) is 105 Å². The van der Waals surface area contributed by atoms with Crippen molar-refractivity contribution in [1.29, 1.82) is 0 Å². The minimum absolute atomic E-state index is 0.270. The van der Waals surface area contributed by atoms with E-state index in [9.17, 15) is 0 Å². The van der Waals surface area contributed by atoms with Crippen molar-refractivity contribution >= 4 is 21.9 Å². The number of rotatable bonds is 5. The van der Waals surface area contributed by atoms with Crippen LogP contribution in [-0.4, -0.2) is 4.98 Å². The van der Waals surface area contributed by atoms with Crippen molar-refractivity contribution in [3.8, 4) is 55.8 Å². The van der Waals surface area contributed by atoms with Crippen LogP contribution in [0.25, 0.3) is 77.7 Å². The van der Waals surface area contributed by atoms with E-state index in [1.165, 1.54) is 55.6 Å². The first-order chi connectivity index (χ1) is 24.7. The molecule has 2 heterocycles. The molecule has 0 saturated heterocycles. The van der Waals surface area contributed by atoms with Crippen molar-refractivity contribution in [3.63, 3.8) is 0 Å². The van der Waals surface area contributed by atoms with Gasteiger partial charge in [0.2, 0.25) is 0 Å². The Morgan fingerprint density at radius 1 is 0.500 bits per heavy atom. The van der Waals surface area contributed by atoms with Crippen molar-refractivity contribution in [1.82, 2.24) is 4.98 Å². The number of hydrogen-bond donors (Lipinski definition) is 0. The monoisotopic (exact) mass is 639 g/mol. The Balaban J connectivity index is 1.04. The molecule has 6 aromatic carbocycles. The van der Waals surface area contributed by atoms with Crippen LogP contribution >= 0.6 is 0 Å². The summed E-state index contributed by atoms with van der Waals surface area (Å²) in [5, 5.41) is 2.29. The fraction of sp³-hybridized carbons (Fsp3) is 0.0625. The molecule has 0 amide bonds. The molecule has 0 saturated carbocycles. The van der Waals surface area contributed by atoms with Crippen molar-refractivity contribution in [2.45, 2.75) is 18.8 Å². The largest absolute Gasteiger partial charge is 0.456 e. The van der Waals surface area contributed by atoms with E-state index in [-0.39, 0.29) is 5.92 Å². The van der Waals surface area contributed by atoms with Crippen LogP contribution in [0.3, 0.4) is 0 Å². The summed E-state index contributed by atoms with van der Waals surface area (Å²) in [6.07, 6.45) is 10.7. The molecule has 0 radical (unpaired) electrons. The summed E-state index contributed by atoms with van der Waals surface area (Å²) in [7, 11) is 0. The van der Waals surface area contributed by atoms with Crippen molar-refractivity contribution in [2.75, 3.05) is 0 Å². The van der Waals surface area contributed by atoms with Crippen LogP contribution in [0.4, 0.5) is 0 Å². The van der Waals surface area contributed by atoms with Gasteiger partial charge in [0.1, 0.15) is 11.2 Å². The lowest BCUT2D eigenvalue weighted by molar-refractivity contribution is 0.669. The van der Waals surface area contributed by atoms with E-state index in [1.54, 1.807) is 0 Å². The normalized spacial score (nSPS) is 14.7. The summed E-state index contributed by atoms with van der Waals surface area (Å²) in [5.41, 5.74) is 17.7. The molecule has 2 aliphatic rings. The first-order valence-corrected chi connectivity index (χ1v) is 17.4. The summed E-state index contributed by atoms with van der Waals surface area (Å²) in [6, 6.07) is 52.7. The van der Waals surface area contributed by atoms with Gasteiger partial charge in [-0.25, -0.2) is 0 Å². The van der Waals surface area contributed by atoms with E-state index < -0.39 is 0 Å². The highest BCUT2D eigenvalue weighted by Gasteiger charge is 2.20.